The van der Waals surface area contributed by atoms with Crippen LogP contribution in [0.3, 0.4) is 0 Å². The molecule has 0 aromatic carbocycles. The average Bonchev–Trinajstić information content (AvgIpc) is 3.23. The summed E-state index contributed by atoms with van der Waals surface area (Å²) in [5.41, 5.74) is 7.05. The molecule has 0 unspecified atom stereocenters. The van der Waals surface area contributed by atoms with Gasteiger partial charge in [0.2, 0.25) is 0 Å². The summed E-state index contributed by atoms with van der Waals surface area (Å²) in [7, 11) is 1.77. The van der Waals surface area contributed by atoms with Crippen LogP contribution in [0.2, 0.25) is 0 Å². The van der Waals surface area contributed by atoms with E-state index in [1.807, 2.05) is 11.8 Å². The number of morpholine rings is 1. The lowest BCUT2D eigenvalue weighted by molar-refractivity contribution is -0.137. The molecule has 0 amide bonds. The fraction of sp³-hybridized carbons (Fsp3) is 0.593. The Labute approximate surface area is 226 Å². The number of methoxy groups -OCH3 is 1. The van der Waals surface area contributed by atoms with Gasteiger partial charge in [-0.1, -0.05) is 0 Å². The molecule has 0 aliphatic carbocycles. The number of anilines is 2. The molecule has 0 atom stereocenters. The second kappa shape index (κ2) is 10.5. The van der Waals surface area contributed by atoms with Crippen LogP contribution < -0.4 is 10.6 Å². The van der Waals surface area contributed by atoms with Crippen molar-refractivity contribution in [3.8, 4) is 11.4 Å². The maximum absolute atomic E-state index is 14.0. The van der Waals surface area contributed by atoms with E-state index < -0.39 is 11.7 Å². The minimum Gasteiger partial charge on any atom is -0.384 e. The molecule has 3 aromatic rings. The van der Waals surface area contributed by atoms with Crippen LogP contribution in [-0.2, 0) is 22.2 Å². The van der Waals surface area contributed by atoms with Crippen molar-refractivity contribution in [2.75, 3.05) is 57.1 Å². The molecule has 3 aromatic heterocycles. The van der Waals surface area contributed by atoms with Crippen LogP contribution in [0, 0.1) is 12.8 Å². The maximum Gasteiger partial charge on any atom is 0.417 e. The number of piperidine rings is 1. The molecule has 2 N–H and O–H groups in total. The average molecular weight is 548 g/mol. The minimum atomic E-state index is -4.63. The van der Waals surface area contributed by atoms with E-state index in [-0.39, 0.29) is 22.8 Å². The van der Waals surface area contributed by atoms with Crippen molar-refractivity contribution in [2.24, 2.45) is 5.92 Å². The fourth-order valence-corrected chi connectivity index (χ4v) is 5.57. The molecule has 2 aliphatic rings. The van der Waals surface area contributed by atoms with Crippen LogP contribution >= 0.6 is 0 Å². The Hall–Kier alpha value is -2.96. The molecule has 2 fully saturated rings. The van der Waals surface area contributed by atoms with E-state index in [4.69, 9.17) is 15.2 Å². The van der Waals surface area contributed by atoms with Crippen molar-refractivity contribution in [1.29, 1.82) is 0 Å². The number of pyridine rings is 1. The molecule has 5 heterocycles. The number of hydrogen-bond acceptors (Lipinski definition) is 8. The number of halogens is 3. The Morgan fingerprint density at radius 3 is 2.44 bits per heavy atom. The quantitative estimate of drug-likeness (QED) is 0.492. The first kappa shape index (κ1) is 27.6. The lowest BCUT2D eigenvalue weighted by atomic mass is 9.83. The second-order valence-corrected chi connectivity index (χ2v) is 10.9. The Bertz CT molecular complexity index is 1330. The summed E-state index contributed by atoms with van der Waals surface area (Å²) in [5.74, 6) is 0.822. The van der Waals surface area contributed by atoms with Gasteiger partial charge in [-0.15, -0.1) is 5.10 Å². The Kier molecular flexibility index (Phi) is 7.47. The predicted octanol–water partition coefficient (Wildman–Crippen LogP) is 4.17. The normalized spacial score (nSPS) is 18.3. The highest BCUT2D eigenvalue weighted by Gasteiger charge is 2.36. The van der Waals surface area contributed by atoms with Gasteiger partial charge in [0.1, 0.15) is 11.3 Å². The highest BCUT2D eigenvalue weighted by Crippen LogP contribution is 2.38. The number of likely N-dealkylation sites (tertiary alicyclic amines) is 1. The number of alkyl halides is 3. The Balaban J connectivity index is 1.53. The summed E-state index contributed by atoms with van der Waals surface area (Å²) in [5, 5.41) is 4.61. The first-order chi connectivity index (χ1) is 18.5. The van der Waals surface area contributed by atoms with Gasteiger partial charge in [0, 0.05) is 38.6 Å². The molecule has 212 valence electrons. The number of hydrogen-bond donors (Lipinski definition) is 1. The number of aromatic nitrogens is 4. The molecular weight excluding hydrogens is 511 g/mol. The highest BCUT2D eigenvalue weighted by atomic mass is 19.4. The zero-order chi connectivity index (χ0) is 27.9. The number of nitrogens with two attached hydrogens (primary N) is 1. The molecule has 0 saturated carbocycles. The summed E-state index contributed by atoms with van der Waals surface area (Å²) in [6.07, 6.45) is -1.45. The Morgan fingerprint density at radius 2 is 1.79 bits per heavy atom. The van der Waals surface area contributed by atoms with Crippen molar-refractivity contribution in [3.05, 3.63) is 35.2 Å². The van der Waals surface area contributed by atoms with Crippen LogP contribution in [0.15, 0.2) is 18.3 Å². The van der Waals surface area contributed by atoms with E-state index >= 15 is 0 Å². The van der Waals surface area contributed by atoms with Crippen molar-refractivity contribution >= 4 is 17.2 Å². The zero-order valence-electron chi connectivity index (χ0n) is 22.9. The monoisotopic (exact) mass is 547 g/mol. The lowest BCUT2D eigenvalue weighted by Gasteiger charge is -2.39. The third kappa shape index (κ3) is 5.55. The van der Waals surface area contributed by atoms with Crippen LogP contribution in [-0.4, -0.2) is 76.6 Å². The zero-order valence-corrected chi connectivity index (χ0v) is 22.9. The number of nitrogen functional groups attached to an aromatic ring is 1. The van der Waals surface area contributed by atoms with Gasteiger partial charge < -0.3 is 20.1 Å². The molecule has 2 saturated heterocycles. The summed E-state index contributed by atoms with van der Waals surface area (Å²) in [4.78, 5) is 13.1. The second-order valence-electron chi connectivity index (χ2n) is 10.9. The standard InChI is InChI=1S/C27H36F3N7O2/c1-17-18(16-35-7-5-19(6-8-35)26(2,3)38-4)13-22-25(36-9-11-39-12-10-36)33-24(34-37(17)22)20-15-32-23(31)14-21(20)27(28,29)30/h13-15,19H,5-12,16H2,1-4H3,(H2,31,32). The van der Waals surface area contributed by atoms with Crippen LogP contribution in [0.5, 0.6) is 0 Å². The van der Waals surface area contributed by atoms with Gasteiger partial charge in [0.05, 0.1) is 29.9 Å². The molecule has 12 heteroatoms. The number of fused-ring (bicyclic) bond motifs is 1. The van der Waals surface area contributed by atoms with Crippen LogP contribution in [0.1, 0.15) is 43.5 Å². The summed E-state index contributed by atoms with van der Waals surface area (Å²) < 4.78 is 54.8. The Morgan fingerprint density at radius 1 is 1.10 bits per heavy atom. The minimum absolute atomic E-state index is 0.0447. The van der Waals surface area contributed by atoms with Gasteiger partial charge in [-0.3, -0.25) is 4.90 Å². The topological polar surface area (TPSA) is 94.0 Å². The molecule has 0 spiro atoms. The SMILES string of the molecule is COC(C)(C)C1CCN(Cc2cc3c(N4CCOCC4)nc(-c4cnc(N)cc4C(F)(F)F)nn3c2C)CC1. The van der Waals surface area contributed by atoms with Crippen molar-refractivity contribution in [1.82, 2.24) is 24.5 Å². The molecule has 2 aliphatic heterocycles. The van der Waals surface area contributed by atoms with Gasteiger partial charge in [0.15, 0.2) is 11.6 Å². The highest BCUT2D eigenvalue weighted by molar-refractivity contribution is 5.74. The van der Waals surface area contributed by atoms with E-state index in [0.29, 0.717) is 38.0 Å². The van der Waals surface area contributed by atoms with Gasteiger partial charge in [-0.25, -0.2) is 14.5 Å². The van der Waals surface area contributed by atoms with E-state index in [9.17, 15) is 13.2 Å². The lowest BCUT2D eigenvalue weighted by Crippen LogP contribution is -2.42. The first-order valence-corrected chi connectivity index (χ1v) is 13.3. The molecule has 0 bridgehead atoms. The third-order valence-electron chi connectivity index (χ3n) is 8.23. The third-order valence-corrected chi connectivity index (χ3v) is 8.23. The van der Waals surface area contributed by atoms with Crippen molar-refractivity contribution in [2.45, 2.75) is 51.9 Å². The maximum atomic E-state index is 14.0. The van der Waals surface area contributed by atoms with E-state index in [1.165, 1.54) is 0 Å². The van der Waals surface area contributed by atoms with Crippen LogP contribution in [0.25, 0.3) is 16.9 Å². The van der Waals surface area contributed by atoms with E-state index in [2.05, 4.69) is 39.9 Å². The first-order valence-electron chi connectivity index (χ1n) is 13.3. The van der Waals surface area contributed by atoms with Gasteiger partial charge in [0.25, 0.3) is 0 Å². The summed E-state index contributed by atoms with van der Waals surface area (Å²) >= 11 is 0. The summed E-state index contributed by atoms with van der Waals surface area (Å²) in [6, 6.07) is 2.90. The van der Waals surface area contributed by atoms with Gasteiger partial charge in [-0.05, 0) is 70.3 Å². The van der Waals surface area contributed by atoms with Gasteiger partial charge >= 0.3 is 6.18 Å². The van der Waals surface area contributed by atoms with E-state index in [0.717, 1.165) is 61.5 Å². The number of rotatable bonds is 6. The molecule has 9 nitrogen and oxygen atoms in total. The number of ether oxygens (including phenoxy) is 2. The predicted molar refractivity (Wildman–Crippen MR) is 142 cm³/mol. The molecule has 39 heavy (non-hydrogen) atoms. The summed E-state index contributed by atoms with van der Waals surface area (Å²) in [6.45, 7) is 11.1. The van der Waals surface area contributed by atoms with Crippen molar-refractivity contribution in [3.63, 3.8) is 0 Å². The number of nitrogens with zero attached hydrogens (tertiary/aromatic N) is 6. The van der Waals surface area contributed by atoms with Gasteiger partial charge in [-0.2, -0.15) is 13.2 Å². The van der Waals surface area contributed by atoms with Crippen molar-refractivity contribution < 1.29 is 22.6 Å². The molecule has 0 radical (unpaired) electrons. The van der Waals surface area contributed by atoms with Crippen LogP contribution in [0.4, 0.5) is 24.8 Å². The largest absolute Gasteiger partial charge is 0.417 e. The molecule has 5 rings (SSSR count). The fourth-order valence-electron chi connectivity index (χ4n) is 5.57. The van der Waals surface area contributed by atoms with E-state index in [1.54, 1.807) is 11.6 Å². The smallest absolute Gasteiger partial charge is 0.384 e. The number of aryl methyl sites for hydroxylation is 1. The molecular formula is C27H36F3N7O2.